The molecule has 11 heteroatoms. The summed E-state index contributed by atoms with van der Waals surface area (Å²) < 4.78 is 54.8. The van der Waals surface area contributed by atoms with E-state index < -0.39 is 39.7 Å². The van der Waals surface area contributed by atoms with Crippen LogP contribution in [0, 0.1) is 18.6 Å². The predicted octanol–water partition coefficient (Wildman–Crippen LogP) is 3.73. The Balaban J connectivity index is 1.53. The third-order valence-electron chi connectivity index (χ3n) is 6.93. The Morgan fingerprint density at radius 2 is 1.56 bits per heavy atom. The molecule has 0 aliphatic heterocycles. The van der Waals surface area contributed by atoms with Crippen molar-refractivity contribution in [3.8, 4) is 0 Å². The maximum atomic E-state index is 13.8. The van der Waals surface area contributed by atoms with Gasteiger partial charge in [-0.1, -0.05) is 48.9 Å². The largest absolute Gasteiger partial charge is 0.390 e. The number of aryl methyl sites for hydroxylation is 2. The van der Waals surface area contributed by atoms with Gasteiger partial charge in [-0.15, -0.1) is 0 Å². The third kappa shape index (κ3) is 11.6. The number of rotatable bonds is 17. The number of benzene rings is 3. The van der Waals surface area contributed by atoms with Crippen molar-refractivity contribution in [3.63, 3.8) is 0 Å². The molecule has 0 bridgehead atoms. The second-order valence-corrected chi connectivity index (χ2v) is 12.3. The fourth-order valence-electron chi connectivity index (χ4n) is 4.51. The molecule has 0 spiro atoms. The molecule has 3 aromatic rings. The van der Waals surface area contributed by atoms with Crippen LogP contribution in [0.4, 0.5) is 8.78 Å². The molecular formula is C32H39F2N3O5S. The molecule has 4 N–H and O–H groups in total. The molecule has 3 rings (SSSR count). The van der Waals surface area contributed by atoms with Crippen molar-refractivity contribution in [1.82, 2.24) is 15.4 Å². The first-order valence-corrected chi connectivity index (χ1v) is 15.7. The standard InChI is InChI=1S/C32H39F2N3O5S/c1-3-23-5-4-6-24(15-23)20-35-21-31(39)30(18-25-16-26(33)19-27(34)17-25)37-32(40)12-9-28(38)13-14-36-43(41,42)29-10-7-22(2)8-11-29/h4-8,10-11,15-17,19,30-31,35-36,39H,3,9,12-14,18,20-21H2,1-2H3,(H,37,40)/t30-,31-/m0/s1. The zero-order valence-electron chi connectivity index (χ0n) is 24.4. The van der Waals surface area contributed by atoms with Crippen LogP contribution in [0.15, 0.2) is 71.6 Å². The van der Waals surface area contributed by atoms with Gasteiger partial charge in [0.05, 0.1) is 17.0 Å². The molecular weight excluding hydrogens is 576 g/mol. The number of Topliss-reactive ketones (excluding diaryl/α,β-unsaturated/α-hetero) is 1. The van der Waals surface area contributed by atoms with E-state index in [9.17, 15) is 31.9 Å². The molecule has 2 atom stereocenters. The topological polar surface area (TPSA) is 125 Å². The lowest BCUT2D eigenvalue weighted by Crippen LogP contribution is -2.48. The Labute approximate surface area is 252 Å². The first kappa shape index (κ1) is 34.0. The van der Waals surface area contributed by atoms with Crippen molar-refractivity contribution in [2.24, 2.45) is 0 Å². The van der Waals surface area contributed by atoms with Gasteiger partial charge in [-0.25, -0.2) is 21.9 Å². The van der Waals surface area contributed by atoms with Crippen LogP contribution in [-0.2, 0) is 39.0 Å². The zero-order chi connectivity index (χ0) is 31.4. The third-order valence-corrected chi connectivity index (χ3v) is 8.41. The van der Waals surface area contributed by atoms with Crippen LogP contribution in [0.1, 0.15) is 48.4 Å². The monoisotopic (exact) mass is 615 g/mol. The van der Waals surface area contributed by atoms with Crippen molar-refractivity contribution in [2.45, 2.75) is 69.5 Å². The number of sulfonamides is 1. The quantitative estimate of drug-likeness (QED) is 0.184. The van der Waals surface area contributed by atoms with Gasteiger partial charge in [0.2, 0.25) is 15.9 Å². The average Bonchev–Trinajstić information content (AvgIpc) is 2.95. The Bertz CT molecular complexity index is 1460. The Morgan fingerprint density at radius 1 is 0.884 bits per heavy atom. The normalized spacial score (nSPS) is 13.0. The molecule has 0 saturated heterocycles. The summed E-state index contributed by atoms with van der Waals surface area (Å²) in [6, 6.07) is 16.4. The summed E-state index contributed by atoms with van der Waals surface area (Å²) >= 11 is 0. The van der Waals surface area contributed by atoms with Crippen molar-refractivity contribution in [3.05, 3.63) is 101 Å². The molecule has 0 saturated carbocycles. The molecule has 3 aromatic carbocycles. The summed E-state index contributed by atoms with van der Waals surface area (Å²) in [5.74, 6) is -2.38. The molecule has 0 aliphatic rings. The number of aliphatic hydroxyl groups is 1. The van der Waals surface area contributed by atoms with Crippen molar-refractivity contribution < 1.29 is 31.9 Å². The highest BCUT2D eigenvalue weighted by molar-refractivity contribution is 7.89. The smallest absolute Gasteiger partial charge is 0.240 e. The van der Waals surface area contributed by atoms with Gasteiger partial charge in [-0.2, -0.15) is 0 Å². The first-order valence-electron chi connectivity index (χ1n) is 14.2. The minimum Gasteiger partial charge on any atom is -0.390 e. The summed E-state index contributed by atoms with van der Waals surface area (Å²) in [5.41, 5.74) is 3.38. The molecule has 0 aromatic heterocycles. The SMILES string of the molecule is CCc1cccc(CNC[C@H](O)[C@H](Cc2cc(F)cc(F)c2)NC(=O)CCC(=O)CCNS(=O)(=O)c2ccc(C)cc2)c1. The number of halogens is 2. The van der Waals surface area contributed by atoms with E-state index in [0.717, 1.165) is 35.7 Å². The number of carbonyl (C=O) groups is 2. The second-order valence-electron chi connectivity index (χ2n) is 10.5. The van der Waals surface area contributed by atoms with Gasteiger partial charge < -0.3 is 15.7 Å². The van der Waals surface area contributed by atoms with Gasteiger partial charge in [0.25, 0.3) is 0 Å². The minimum atomic E-state index is -3.76. The van der Waals surface area contributed by atoms with E-state index in [-0.39, 0.29) is 55.0 Å². The number of amides is 1. The summed E-state index contributed by atoms with van der Waals surface area (Å²) in [6.07, 6.45) is -0.681. The number of hydrogen-bond donors (Lipinski definition) is 4. The molecule has 0 fully saturated rings. The maximum absolute atomic E-state index is 13.8. The Kier molecular flexibility index (Phi) is 12.9. The van der Waals surface area contributed by atoms with Crippen molar-refractivity contribution in [2.75, 3.05) is 13.1 Å². The van der Waals surface area contributed by atoms with Gasteiger partial charge in [0.1, 0.15) is 17.4 Å². The summed E-state index contributed by atoms with van der Waals surface area (Å²) in [7, 11) is -3.76. The van der Waals surface area contributed by atoms with E-state index >= 15 is 0 Å². The van der Waals surface area contributed by atoms with Gasteiger partial charge in [0, 0.05) is 45.0 Å². The summed E-state index contributed by atoms with van der Waals surface area (Å²) in [4.78, 5) is 25.2. The number of carbonyl (C=O) groups excluding carboxylic acids is 2. The minimum absolute atomic E-state index is 0.0384. The molecule has 1 amide bonds. The van der Waals surface area contributed by atoms with Gasteiger partial charge in [0.15, 0.2) is 0 Å². The van der Waals surface area contributed by atoms with Crippen molar-refractivity contribution in [1.29, 1.82) is 0 Å². The number of nitrogens with one attached hydrogen (secondary N) is 3. The van der Waals surface area contributed by atoms with E-state index in [1.807, 2.05) is 25.1 Å². The number of ketones is 1. The van der Waals surface area contributed by atoms with E-state index in [1.165, 1.54) is 17.7 Å². The number of aliphatic hydroxyl groups excluding tert-OH is 1. The van der Waals surface area contributed by atoms with Crippen LogP contribution >= 0.6 is 0 Å². The highest BCUT2D eigenvalue weighted by Crippen LogP contribution is 2.13. The first-order chi connectivity index (χ1) is 20.4. The molecule has 0 unspecified atom stereocenters. The average molecular weight is 616 g/mol. The Hall–Kier alpha value is -3.51. The van der Waals surface area contributed by atoms with E-state index in [1.54, 1.807) is 12.1 Å². The summed E-state index contributed by atoms with van der Waals surface area (Å²) in [5, 5.41) is 16.8. The lowest BCUT2D eigenvalue weighted by molar-refractivity contribution is -0.126. The van der Waals surface area contributed by atoms with E-state index in [2.05, 4.69) is 28.3 Å². The van der Waals surface area contributed by atoms with Crippen LogP contribution in [0.5, 0.6) is 0 Å². The van der Waals surface area contributed by atoms with Crippen LogP contribution in [0.3, 0.4) is 0 Å². The highest BCUT2D eigenvalue weighted by atomic mass is 32.2. The molecule has 232 valence electrons. The highest BCUT2D eigenvalue weighted by Gasteiger charge is 2.23. The van der Waals surface area contributed by atoms with Crippen LogP contribution in [0.2, 0.25) is 0 Å². The molecule has 8 nitrogen and oxygen atoms in total. The molecule has 43 heavy (non-hydrogen) atoms. The van der Waals surface area contributed by atoms with E-state index in [4.69, 9.17) is 0 Å². The zero-order valence-corrected chi connectivity index (χ0v) is 25.2. The van der Waals surface area contributed by atoms with E-state index in [0.29, 0.717) is 6.54 Å². The number of hydrogen-bond acceptors (Lipinski definition) is 6. The Morgan fingerprint density at radius 3 is 2.23 bits per heavy atom. The maximum Gasteiger partial charge on any atom is 0.240 e. The van der Waals surface area contributed by atoms with Crippen LogP contribution < -0.4 is 15.4 Å². The second kappa shape index (κ2) is 16.4. The fourth-order valence-corrected chi connectivity index (χ4v) is 5.55. The van der Waals surface area contributed by atoms with Gasteiger partial charge in [-0.05, 0) is 60.7 Å². The predicted molar refractivity (Wildman–Crippen MR) is 161 cm³/mol. The van der Waals surface area contributed by atoms with Crippen LogP contribution in [-0.4, -0.2) is 50.5 Å². The molecule has 0 heterocycles. The van der Waals surface area contributed by atoms with Gasteiger partial charge in [-0.3, -0.25) is 9.59 Å². The van der Waals surface area contributed by atoms with Gasteiger partial charge >= 0.3 is 0 Å². The fraction of sp³-hybridized carbons (Fsp3) is 0.375. The lowest BCUT2D eigenvalue weighted by Gasteiger charge is -2.25. The molecule has 0 aliphatic carbocycles. The molecule has 0 radical (unpaired) electrons. The van der Waals surface area contributed by atoms with Crippen molar-refractivity contribution >= 4 is 21.7 Å². The summed E-state index contributed by atoms with van der Waals surface area (Å²) in [6.45, 7) is 4.35. The lowest BCUT2D eigenvalue weighted by atomic mass is 10.00. The van der Waals surface area contributed by atoms with Crippen LogP contribution in [0.25, 0.3) is 0 Å².